The number of ether oxygens (including phenoxy) is 2. The molecule has 0 unspecified atom stereocenters. The van der Waals surface area contributed by atoms with E-state index in [2.05, 4.69) is 20.1 Å². The molecule has 2 heterocycles. The molecule has 0 bridgehead atoms. The second kappa shape index (κ2) is 6.05. The number of rotatable bonds is 5. The topological polar surface area (TPSA) is 78.3 Å². The van der Waals surface area contributed by atoms with Gasteiger partial charge in [-0.1, -0.05) is 0 Å². The van der Waals surface area contributed by atoms with Crippen LogP contribution in [0, 0.1) is 0 Å². The first-order chi connectivity index (χ1) is 10.7. The highest BCUT2D eigenvalue weighted by molar-refractivity contribution is 5.95. The molecule has 3 rings (SSSR count). The van der Waals surface area contributed by atoms with Crippen LogP contribution < -0.4 is 14.8 Å². The van der Waals surface area contributed by atoms with Gasteiger partial charge in [0.2, 0.25) is 0 Å². The number of aryl methyl sites for hydroxylation is 1. The summed E-state index contributed by atoms with van der Waals surface area (Å²) in [7, 11) is 3.10. The first-order valence-electron chi connectivity index (χ1n) is 7.13. The van der Waals surface area contributed by atoms with Crippen LogP contribution in [0.2, 0.25) is 0 Å². The number of carbonyl (C=O) groups excluding carboxylic acids is 1. The van der Waals surface area contributed by atoms with Crippen molar-refractivity contribution in [2.45, 2.75) is 25.9 Å². The number of fused-ring (bicyclic) bond motifs is 1. The van der Waals surface area contributed by atoms with E-state index in [4.69, 9.17) is 9.47 Å². The number of nitrogens with one attached hydrogen (secondary N) is 1. The van der Waals surface area contributed by atoms with Gasteiger partial charge >= 0.3 is 0 Å². The highest BCUT2D eigenvalue weighted by atomic mass is 16.5. The zero-order valence-corrected chi connectivity index (χ0v) is 12.6. The predicted octanol–water partition coefficient (Wildman–Crippen LogP) is 1.17. The van der Waals surface area contributed by atoms with Gasteiger partial charge in [0.05, 0.1) is 20.8 Å². The van der Waals surface area contributed by atoms with E-state index in [0.717, 1.165) is 31.0 Å². The minimum absolute atomic E-state index is 0.201. The number of benzene rings is 1. The molecule has 1 amide bonds. The lowest BCUT2D eigenvalue weighted by molar-refractivity contribution is 0.0948. The maximum Gasteiger partial charge on any atom is 0.251 e. The number of carbonyl (C=O) groups is 1. The van der Waals surface area contributed by atoms with Gasteiger partial charge in [-0.3, -0.25) is 4.79 Å². The summed E-state index contributed by atoms with van der Waals surface area (Å²) in [5.74, 6) is 2.73. The van der Waals surface area contributed by atoms with E-state index < -0.39 is 0 Å². The summed E-state index contributed by atoms with van der Waals surface area (Å²) < 4.78 is 12.4. The van der Waals surface area contributed by atoms with E-state index in [1.165, 1.54) is 0 Å². The molecule has 2 aromatic rings. The average molecular weight is 302 g/mol. The lowest BCUT2D eigenvalue weighted by atomic mass is 10.2. The van der Waals surface area contributed by atoms with Crippen LogP contribution in [0.15, 0.2) is 18.2 Å². The van der Waals surface area contributed by atoms with Crippen LogP contribution in [0.4, 0.5) is 0 Å². The molecule has 0 atom stereocenters. The number of hydrogen-bond donors (Lipinski definition) is 1. The fraction of sp³-hybridized carbons (Fsp3) is 0.400. The minimum atomic E-state index is -0.201. The summed E-state index contributed by atoms with van der Waals surface area (Å²) in [5, 5.41) is 11.1. The smallest absolute Gasteiger partial charge is 0.251 e. The quantitative estimate of drug-likeness (QED) is 0.897. The number of hydrogen-bond acceptors (Lipinski definition) is 5. The third-order valence-corrected chi connectivity index (χ3v) is 3.71. The zero-order chi connectivity index (χ0) is 15.5. The first-order valence-corrected chi connectivity index (χ1v) is 7.13. The molecule has 0 aliphatic carbocycles. The molecule has 7 nitrogen and oxygen atoms in total. The molecule has 116 valence electrons. The van der Waals surface area contributed by atoms with Crippen molar-refractivity contribution in [1.82, 2.24) is 20.1 Å². The first kappa shape index (κ1) is 14.4. The largest absolute Gasteiger partial charge is 0.497 e. The predicted molar refractivity (Wildman–Crippen MR) is 79.1 cm³/mol. The Morgan fingerprint density at radius 3 is 2.64 bits per heavy atom. The summed E-state index contributed by atoms with van der Waals surface area (Å²) in [4.78, 5) is 12.3. The molecular weight excluding hydrogens is 284 g/mol. The molecular formula is C15H18N4O3. The van der Waals surface area contributed by atoms with Crippen molar-refractivity contribution < 1.29 is 14.3 Å². The molecule has 1 aromatic carbocycles. The van der Waals surface area contributed by atoms with Crippen molar-refractivity contribution >= 4 is 5.91 Å². The lowest BCUT2D eigenvalue weighted by Gasteiger charge is -2.09. The second-order valence-electron chi connectivity index (χ2n) is 5.07. The number of nitrogens with zero attached hydrogens (tertiary/aromatic N) is 3. The molecule has 1 aliphatic heterocycles. The van der Waals surface area contributed by atoms with Gasteiger partial charge < -0.3 is 19.4 Å². The Hall–Kier alpha value is -2.57. The number of aromatic nitrogens is 3. The summed E-state index contributed by atoms with van der Waals surface area (Å²) in [6.45, 7) is 1.27. The normalized spacial score (nSPS) is 12.8. The van der Waals surface area contributed by atoms with Gasteiger partial charge in [0.15, 0.2) is 5.82 Å². The van der Waals surface area contributed by atoms with Crippen molar-refractivity contribution in [2.75, 3.05) is 14.2 Å². The van der Waals surface area contributed by atoms with Gasteiger partial charge in [0.25, 0.3) is 5.91 Å². The Morgan fingerprint density at radius 1 is 1.23 bits per heavy atom. The van der Waals surface area contributed by atoms with E-state index in [9.17, 15) is 4.79 Å². The number of amides is 1. The molecule has 22 heavy (non-hydrogen) atoms. The van der Waals surface area contributed by atoms with E-state index in [-0.39, 0.29) is 5.91 Å². The van der Waals surface area contributed by atoms with Gasteiger partial charge in [0, 0.05) is 24.6 Å². The molecule has 0 radical (unpaired) electrons. The maximum absolute atomic E-state index is 12.3. The van der Waals surface area contributed by atoms with Crippen LogP contribution >= 0.6 is 0 Å². The Kier molecular flexibility index (Phi) is 3.95. The fourth-order valence-corrected chi connectivity index (χ4v) is 2.54. The van der Waals surface area contributed by atoms with Crippen LogP contribution in [0.25, 0.3) is 0 Å². The Labute approximate surface area is 128 Å². The summed E-state index contributed by atoms with van der Waals surface area (Å²) in [6, 6.07) is 5.07. The van der Waals surface area contributed by atoms with Gasteiger partial charge in [-0.2, -0.15) is 0 Å². The van der Waals surface area contributed by atoms with Crippen molar-refractivity contribution in [3.63, 3.8) is 0 Å². The van der Waals surface area contributed by atoms with E-state index in [1.54, 1.807) is 32.4 Å². The molecule has 0 fully saturated rings. The Balaban J connectivity index is 1.71. The van der Waals surface area contributed by atoms with E-state index >= 15 is 0 Å². The molecule has 0 saturated carbocycles. The Morgan fingerprint density at radius 2 is 1.95 bits per heavy atom. The Bertz CT molecular complexity index is 674. The van der Waals surface area contributed by atoms with Crippen LogP contribution in [0.3, 0.4) is 0 Å². The van der Waals surface area contributed by atoms with Gasteiger partial charge in [0.1, 0.15) is 17.3 Å². The molecule has 0 spiro atoms. The fourth-order valence-electron chi connectivity index (χ4n) is 2.54. The molecule has 7 heteroatoms. The highest BCUT2D eigenvalue weighted by Gasteiger charge is 2.18. The van der Waals surface area contributed by atoms with E-state index in [0.29, 0.717) is 23.6 Å². The molecule has 0 saturated heterocycles. The standard InChI is InChI=1S/C15H18N4O3/c1-21-11-6-10(7-12(8-11)22-2)15(20)16-9-14-18-17-13-4-3-5-19(13)14/h6-8H,3-5,9H2,1-2H3,(H,16,20). The molecule has 1 aromatic heterocycles. The maximum atomic E-state index is 12.3. The minimum Gasteiger partial charge on any atom is -0.497 e. The molecule has 1 N–H and O–H groups in total. The monoisotopic (exact) mass is 302 g/mol. The summed E-state index contributed by atoms with van der Waals surface area (Å²) >= 11 is 0. The van der Waals surface area contributed by atoms with Crippen LogP contribution in [0.1, 0.15) is 28.4 Å². The SMILES string of the molecule is COc1cc(OC)cc(C(=O)NCc2nnc3n2CCC3)c1. The van der Waals surface area contributed by atoms with Crippen LogP contribution in [-0.2, 0) is 19.5 Å². The van der Waals surface area contributed by atoms with Crippen LogP contribution in [-0.4, -0.2) is 34.9 Å². The van der Waals surface area contributed by atoms with Gasteiger partial charge in [-0.25, -0.2) is 0 Å². The van der Waals surface area contributed by atoms with Crippen molar-refractivity contribution in [3.8, 4) is 11.5 Å². The average Bonchev–Trinajstić information content (AvgIpc) is 3.15. The number of methoxy groups -OCH3 is 2. The van der Waals surface area contributed by atoms with Crippen molar-refractivity contribution in [1.29, 1.82) is 0 Å². The van der Waals surface area contributed by atoms with Crippen molar-refractivity contribution in [3.05, 3.63) is 35.4 Å². The lowest BCUT2D eigenvalue weighted by Crippen LogP contribution is -2.24. The van der Waals surface area contributed by atoms with Crippen molar-refractivity contribution in [2.24, 2.45) is 0 Å². The molecule has 1 aliphatic rings. The highest BCUT2D eigenvalue weighted by Crippen LogP contribution is 2.22. The zero-order valence-electron chi connectivity index (χ0n) is 12.6. The summed E-state index contributed by atoms with van der Waals surface area (Å²) in [5.41, 5.74) is 0.484. The van der Waals surface area contributed by atoms with Gasteiger partial charge in [-0.05, 0) is 18.6 Å². The second-order valence-corrected chi connectivity index (χ2v) is 5.07. The van der Waals surface area contributed by atoms with Crippen LogP contribution in [0.5, 0.6) is 11.5 Å². The van der Waals surface area contributed by atoms with E-state index in [1.807, 2.05) is 0 Å². The van der Waals surface area contributed by atoms with Gasteiger partial charge in [-0.15, -0.1) is 10.2 Å². The third-order valence-electron chi connectivity index (χ3n) is 3.71. The summed E-state index contributed by atoms with van der Waals surface area (Å²) in [6.07, 6.45) is 2.03. The third kappa shape index (κ3) is 2.74.